The van der Waals surface area contributed by atoms with Crippen molar-refractivity contribution < 1.29 is 4.79 Å². The molecule has 1 aromatic carbocycles. The molecule has 2 N–H and O–H groups in total. The number of carbonyl (C=O) groups is 1. The maximum Gasteiger partial charge on any atom is 0.326 e. The number of hydrogen-bond acceptors (Lipinski definition) is 3. The van der Waals surface area contributed by atoms with Crippen molar-refractivity contribution in [3.8, 4) is 0 Å². The topological polar surface area (TPSA) is 71.8 Å². The van der Waals surface area contributed by atoms with Crippen molar-refractivity contribution in [1.29, 1.82) is 0 Å². The highest BCUT2D eigenvalue weighted by Gasteiger charge is 2.16. The Morgan fingerprint density at radius 1 is 0.875 bits per heavy atom. The molecule has 0 radical (unpaired) electrons. The molecular weight excluding hydrogens is 398 g/mol. The molecule has 0 fully saturated rings. The first-order chi connectivity index (χ1) is 15.4. The highest BCUT2D eigenvalue weighted by atomic mass is 16.2. The maximum atomic E-state index is 12.7. The minimum atomic E-state index is -0.305. The summed E-state index contributed by atoms with van der Waals surface area (Å²) >= 11 is 0. The van der Waals surface area contributed by atoms with E-state index in [-0.39, 0.29) is 6.03 Å². The second-order valence-electron chi connectivity index (χ2n) is 9.36. The van der Waals surface area contributed by atoms with Crippen LogP contribution in [0.25, 0.3) is 0 Å². The summed E-state index contributed by atoms with van der Waals surface area (Å²) in [6.45, 7) is 11.6. The van der Waals surface area contributed by atoms with Crippen molar-refractivity contribution in [1.82, 2.24) is 14.8 Å². The molecule has 0 unspecified atom stereocenters. The molecule has 32 heavy (non-hydrogen) atoms. The number of amides is 2. The van der Waals surface area contributed by atoms with E-state index in [2.05, 4.69) is 73.5 Å². The summed E-state index contributed by atoms with van der Waals surface area (Å²) < 4.78 is 1.82. The molecule has 6 heteroatoms. The summed E-state index contributed by atoms with van der Waals surface area (Å²) in [5.41, 5.74) is 3.16. The standard InChI is InChI=1S/C26H43N5O/c1-6-7-8-9-10-11-12-13-14-18-31-19-27-25(30-31)29-26(32)28-24-22(20(2)3)16-15-17-23(24)21(4)5/h15-17,19-21H,6-14,18H2,1-5H3,(H2,28,29,30,32). The van der Waals surface area contributed by atoms with E-state index in [1.165, 1.54) is 51.4 Å². The second-order valence-corrected chi connectivity index (χ2v) is 9.36. The van der Waals surface area contributed by atoms with Gasteiger partial charge in [-0.1, -0.05) is 104 Å². The van der Waals surface area contributed by atoms with Gasteiger partial charge in [-0.05, 0) is 29.4 Å². The summed E-state index contributed by atoms with van der Waals surface area (Å²) in [5.74, 6) is 0.974. The average molecular weight is 442 g/mol. The first-order valence-corrected chi connectivity index (χ1v) is 12.5. The molecule has 2 rings (SSSR count). The molecular formula is C26H43N5O. The van der Waals surface area contributed by atoms with Crippen LogP contribution in [0.1, 0.15) is 115 Å². The quantitative estimate of drug-likeness (QED) is 0.295. The number of anilines is 2. The zero-order valence-corrected chi connectivity index (χ0v) is 20.8. The summed E-state index contributed by atoms with van der Waals surface area (Å²) in [5, 5.41) is 10.2. The Morgan fingerprint density at radius 3 is 2.00 bits per heavy atom. The number of nitrogens with one attached hydrogen (secondary N) is 2. The monoisotopic (exact) mass is 441 g/mol. The molecule has 178 valence electrons. The van der Waals surface area contributed by atoms with E-state index >= 15 is 0 Å². The lowest BCUT2D eigenvalue weighted by molar-refractivity contribution is 0.262. The number of aryl methyl sites for hydroxylation is 1. The number of urea groups is 1. The van der Waals surface area contributed by atoms with Crippen molar-refractivity contribution >= 4 is 17.7 Å². The smallest absolute Gasteiger partial charge is 0.307 e. The minimum absolute atomic E-state index is 0.305. The summed E-state index contributed by atoms with van der Waals surface area (Å²) in [6, 6.07) is 5.90. The maximum absolute atomic E-state index is 12.7. The summed E-state index contributed by atoms with van der Waals surface area (Å²) in [7, 11) is 0. The molecule has 0 saturated heterocycles. The molecule has 0 aliphatic heterocycles. The van der Waals surface area contributed by atoms with E-state index in [0.717, 1.165) is 29.8 Å². The Labute approximate surface area is 194 Å². The van der Waals surface area contributed by atoms with Gasteiger partial charge in [-0.2, -0.15) is 0 Å². The molecule has 1 heterocycles. The lowest BCUT2D eigenvalue weighted by Crippen LogP contribution is -2.22. The largest absolute Gasteiger partial charge is 0.326 e. The van der Waals surface area contributed by atoms with E-state index in [1.54, 1.807) is 6.33 Å². The van der Waals surface area contributed by atoms with Crippen molar-refractivity contribution in [2.45, 2.75) is 111 Å². The van der Waals surface area contributed by atoms with Crippen LogP contribution in [-0.4, -0.2) is 20.8 Å². The van der Waals surface area contributed by atoms with Crippen molar-refractivity contribution in [2.75, 3.05) is 10.6 Å². The fourth-order valence-corrected chi connectivity index (χ4v) is 3.99. The van der Waals surface area contributed by atoms with Gasteiger partial charge < -0.3 is 5.32 Å². The number of unbranched alkanes of at least 4 members (excludes halogenated alkanes) is 8. The molecule has 1 aromatic heterocycles. The Morgan fingerprint density at radius 2 is 1.44 bits per heavy atom. The fraction of sp³-hybridized carbons (Fsp3) is 0.654. The number of benzene rings is 1. The van der Waals surface area contributed by atoms with Gasteiger partial charge in [-0.15, -0.1) is 5.10 Å². The zero-order chi connectivity index (χ0) is 23.3. The first-order valence-electron chi connectivity index (χ1n) is 12.5. The van der Waals surface area contributed by atoms with Crippen LogP contribution in [0, 0.1) is 0 Å². The number of nitrogens with zero attached hydrogens (tertiary/aromatic N) is 3. The Kier molecular flexibility index (Phi) is 11.3. The molecule has 2 aromatic rings. The van der Waals surface area contributed by atoms with Crippen LogP contribution in [0.5, 0.6) is 0 Å². The molecule has 2 amide bonds. The molecule has 6 nitrogen and oxygen atoms in total. The van der Waals surface area contributed by atoms with E-state index in [9.17, 15) is 4.79 Å². The molecule has 0 bridgehead atoms. The van der Waals surface area contributed by atoms with Gasteiger partial charge in [0.05, 0.1) is 0 Å². The predicted molar refractivity (Wildman–Crippen MR) is 135 cm³/mol. The van der Waals surface area contributed by atoms with Crippen LogP contribution in [0.3, 0.4) is 0 Å². The summed E-state index contributed by atoms with van der Waals surface area (Å²) in [4.78, 5) is 16.9. The highest BCUT2D eigenvalue weighted by molar-refractivity contribution is 5.99. The van der Waals surface area contributed by atoms with Crippen LogP contribution >= 0.6 is 0 Å². The lowest BCUT2D eigenvalue weighted by atomic mass is 9.93. The van der Waals surface area contributed by atoms with Gasteiger partial charge in [-0.3, -0.25) is 10.00 Å². The number of hydrogen-bond donors (Lipinski definition) is 2. The van der Waals surface area contributed by atoms with Crippen LogP contribution < -0.4 is 10.6 Å². The summed E-state index contributed by atoms with van der Waals surface area (Å²) in [6.07, 6.45) is 13.4. The van der Waals surface area contributed by atoms with Crippen molar-refractivity contribution in [2.24, 2.45) is 0 Å². The van der Waals surface area contributed by atoms with Gasteiger partial charge in [0.25, 0.3) is 0 Å². The van der Waals surface area contributed by atoms with Gasteiger partial charge >= 0.3 is 6.03 Å². The molecule has 0 aliphatic carbocycles. The fourth-order valence-electron chi connectivity index (χ4n) is 3.99. The third-order valence-electron chi connectivity index (χ3n) is 5.86. The third kappa shape index (κ3) is 8.64. The lowest BCUT2D eigenvalue weighted by Gasteiger charge is -2.20. The van der Waals surface area contributed by atoms with E-state index in [1.807, 2.05) is 4.68 Å². The van der Waals surface area contributed by atoms with Gasteiger partial charge in [-0.25, -0.2) is 9.78 Å². The normalized spacial score (nSPS) is 11.3. The van der Waals surface area contributed by atoms with Crippen LogP contribution in [0.4, 0.5) is 16.4 Å². The van der Waals surface area contributed by atoms with Crippen LogP contribution in [0.15, 0.2) is 24.5 Å². The predicted octanol–water partition coefficient (Wildman–Crippen LogP) is 7.70. The SMILES string of the molecule is CCCCCCCCCCCn1cnc(NC(=O)Nc2c(C(C)C)cccc2C(C)C)n1. The molecule has 0 aliphatic rings. The Balaban J connectivity index is 1.79. The zero-order valence-electron chi connectivity index (χ0n) is 20.8. The molecule has 0 atom stereocenters. The average Bonchev–Trinajstić information content (AvgIpc) is 3.19. The first kappa shape index (κ1) is 25.9. The van der Waals surface area contributed by atoms with E-state index in [4.69, 9.17) is 0 Å². The van der Waals surface area contributed by atoms with Crippen molar-refractivity contribution in [3.05, 3.63) is 35.7 Å². The molecule has 0 spiro atoms. The van der Waals surface area contributed by atoms with Crippen molar-refractivity contribution in [3.63, 3.8) is 0 Å². The van der Waals surface area contributed by atoms with E-state index < -0.39 is 0 Å². The number of aromatic nitrogens is 3. The third-order valence-corrected chi connectivity index (χ3v) is 5.86. The number of carbonyl (C=O) groups excluding carboxylic acids is 1. The Bertz CT molecular complexity index is 786. The minimum Gasteiger partial charge on any atom is -0.307 e. The van der Waals surface area contributed by atoms with Crippen LogP contribution in [-0.2, 0) is 6.54 Å². The molecule has 0 saturated carbocycles. The number of rotatable bonds is 14. The second kappa shape index (κ2) is 13.9. The van der Waals surface area contributed by atoms with E-state index in [0.29, 0.717) is 17.8 Å². The van der Waals surface area contributed by atoms with Gasteiger partial charge in [0.1, 0.15) is 6.33 Å². The Hall–Kier alpha value is -2.37. The van der Waals surface area contributed by atoms with Gasteiger partial charge in [0.2, 0.25) is 5.95 Å². The number of para-hydroxylation sites is 1. The van der Waals surface area contributed by atoms with Gasteiger partial charge in [0, 0.05) is 12.2 Å². The highest BCUT2D eigenvalue weighted by Crippen LogP contribution is 2.32. The van der Waals surface area contributed by atoms with Gasteiger partial charge in [0.15, 0.2) is 0 Å². The van der Waals surface area contributed by atoms with Crippen LogP contribution in [0.2, 0.25) is 0 Å².